The van der Waals surface area contributed by atoms with Crippen LogP contribution in [0.5, 0.6) is 0 Å². The number of nitrogens with two attached hydrogens (primary N) is 1. The van der Waals surface area contributed by atoms with Crippen LogP contribution in [0.25, 0.3) is 0 Å². The molecule has 26 heavy (non-hydrogen) atoms. The predicted octanol–water partition coefficient (Wildman–Crippen LogP) is 3.32. The molecule has 2 aromatic rings. The van der Waals surface area contributed by atoms with Crippen molar-refractivity contribution in [2.75, 3.05) is 6.54 Å². The zero-order valence-electron chi connectivity index (χ0n) is 15.0. The SMILES string of the molecule is NC(=O)NCCCCCC(=O)N[C@@H](Cc1ccccc1)c1ccccc1. The van der Waals surface area contributed by atoms with Gasteiger partial charge >= 0.3 is 6.03 Å². The van der Waals surface area contributed by atoms with Crippen molar-refractivity contribution < 1.29 is 9.59 Å². The molecule has 0 saturated heterocycles. The summed E-state index contributed by atoms with van der Waals surface area (Å²) in [6, 6.07) is 19.7. The van der Waals surface area contributed by atoms with Gasteiger partial charge in [-0.05, 0) is 30.4 Å². The van der Waals surface area contributed by atoms with E-state index in [1.54, 1.807) is 0 Å². The summed E-state index contributed by atoms with van der Waals surface area (Å²) in [6.07, 6.45) is 3.73. The first kappa shape index (κ1) is 19.5. The number of unbranched alkanes of at least 4 members (excludes halogenated alkanes) is 2. The maximum Gasteiger partial charge on any atom is 0.312 e. The smallest absolute Gasteiger partial charge is 0.312 e. The molecule has 0 spiro atoms. The molecule has 0 aliphatic carbocycles. The van der Waals surface area contributed by atoms with Crippen molar-refractivity contribution in [1.29, 1.82) is 0 Å². The number of nitrogens with one attached hydrogen (secondary N) is 2. The second kappa shape index (κ2) is 10.9. The Labute approximate surface area is 155 Å². The monoisotopic (exact) mass is 353 g/mol. The Kier molecular flexibility index (Phi) is 8.19. The number of hydrogen-bond acceptors (Lipinski definition) is 2. The molecule has 5 nitrogen and oxygen atoms in total. The molecule has 1 atom stereocenters. The first-order chi connectivity index (χ1) is 12.6. The topological polar surface area (TPSA) is 84.2 Å². The van der Waals surface area contributed by atoms with Gasteiger partial charge in [0.25, 0.3) is 0 Å². The molecule has 3 amide bonds. The third kappa shape index (κ3) is 7.38. The molecule has 138 valence electrons. The van der Waals surface area contributed by atoms with Gasteiger partial charge in [-0.3, -0.25) is 4.79 Å². The van der Waals surface area contributed by atoms with E-state index in [1.165, 1.54) is 5.56 Å². The minimum Gasteiger partial charge on any atom is -0.352 e. The first-order valence-electron chi connectivity index (χ1n) is 9.06. The summed E-state index contributed by atoms with van der Waals surface area (Å²) in [6.45, 7) is 0.553. The van der Waals surface area contributed by atoms with Crippen LogP contribution in [0, 0.1) is 0 Å². The van der Waals surface area contributed by atoms with E-state index in [9.17, 15) is 9.59 Å². The van der Waals surface area contributed by atoms with E-state index in [-0.39, 0.29) is 11.9 Å². The number of primary amides is 1. The summed E-state index contributed by atoms with van der Waals surface area (Å²) in [7, 11) is 0. The summed E-state index contributed by atoms with van der Waals surface area (Å²) in [4.78, 5) is 23.0. The number of hydrogen-bond donors (Lipinski definition) is 3. The van der Waals surface area contributed by atoms with E-state index in [1.807, 2.05) is 48.5 Å². The number of carbonyl (C=O) groups is 2. The summed E-state index contributed by atoms with van der Waals surface area (Å²) in [5, 5.41) is 5.72. The van der Waals surface area contributed by atoms with E-state index in [0.717, 1.165) is 31.2 Å². The van der Waals surface area contributed by atoms with Gasteiger partial charge in [-0.2, -0.15) is 0 Å². The third-order valence-electron chi connectivity index (χ3n) is 4.20. The van der Waals surface area contributed by atoms with Crippen molar-refractivity contribution in [2.45, 2.75) is 38.1 Å². The molecule has 4 N–H and O–H groups in total. The van der Waals surface area contributed by atoms with Crippen molar-refractivity contribution in [3.05, 3.63) is 71.8 Å². The van der Waals surface area contributed by atoms with Gasteiger partial charge in [0.15, 0.2) is 0 Å². The van der Waals surface area contributed by atoms with Crippen LogP contribution in [0.15, 0.2) is 60.7 Å². The Morgan fingerprint density at radius 3 is 2.19 bits per heavy atom. The average Bonchev–Trinajstić information content (AvgIpc) is 2.65. The number of urea groups is 1. The number of rotatable bonds is 10. The Morgan fingerprint density at radius 1 is 0.885 bits per heavy atom. The van der Waals surface area contributed by atoms with Gasteiger partial charge in [-0.15, -0.1) is 0 Å². The quantitative estimate of drug-likeness (QED) is 0.573. The fourth-order valence-electron chi connectivity index (χ4n) is 2.85. The third-order valence-corrected chi connectivity index (χ3v) is 4.20. The Hall–Kier alpha value is -2.82. The standard InChI is InChI=1S/C21H27N3O2/c22-21(26)23-15-9-3-8-14-20(25)24-19(18-12-6-2-7-13-18)16-17-10-4-1-5-11-17/h1-2,4-7,10-13,19H,3,8-9,14-16H2,(H,24,25)(H3,22,23,26)/t19-/m0/s1. The number of benzene rings is 2. The second-order valence-electron chi connectivity index (χ2n) is 6.32. The molecule has 0 aromatic heterocycles. The second-order valence-corrected chi connectivity index (χ2v) is 6.32. The normalized spacial score (nSPS) is 11.5. The Bertz CT molecular complexity index is 674. The van der Waals surface area contributed by atoms with E-state index in [2.05, 4.69) is 22.8 Å². The highest BCUT2D eigenvalue weighted by Crippen LogP contribution is 2.18. The predicted molar refractivity (Wildman–Crippen MR) is 104 cm³/mol. The maximum atomic E-state index is 12.4. The van der Waals surface area contributed by atoms with Crippen molar-refractivity contribution >= 4 is 11.9 Å². The molecule has 0 heterocycles. The maximum absolute atomic E-state index is 12.4. The zero-order chi connectivity index (χ0) is 18.6. The highest BCUT2D eigenvalue weighted by Gasteiger charge is 2.15. The van der Waals surface area contributed by atoms with Gasteiger partial charge in [0, 0.05) is 13.0 Å². The minimum atomic E-state index is -0.505. The lowest BCUT2D eigenvalue weighted by Crippen LogP contribution is -2.30. The zero-order valence-corrected chi connectivity index (χ0v) is 15.0. The van der Waals surface area contributed by atoms with Crippen LogP contribution >= 0.6 is 0 Å². The lowest BCUT2D eigenvalue weighted by molar-refractivity contribution is -0.122. The molecular weight excluding hydrogens is 326 g/mol. The summed E-state index contributed by atoms with van der Waals surface area (Å²) in [5.74, 6) is 0.0534. The lowest BCUT2D eigenvalue weighted by atomic mass is 9.98. The molecule has 0 saturated carbocycles. The van der Waals surface area contributed by atoms with Crippen LogP contribution in [0.4, 0.5) is 4.79 Å². The average molecular weight is 353 g/mol. The Morgan fingerprint density at radius 2 is 1.54 bits per heavy atom. The first-order valence-corrected chi connectivity index (χ1v) is 9.06. The molecule has 0 radical (unpaired) electrons. The molecule has 0 unspecified atom stereocenters. The Balaban J connectivity index is 1.84. The molecule has 2 aromatic carbocycles. The summed E-state index contributed by atoms with van der Waals surface area (Å²) in [5.41, 5.74) is 7.32. The largest absolute Gasteiger partial charge is 0.352 e. The molecule has 0 bridgehead atoms. The van der Waals surface area contributed by atoms with Gasteiger partial charge in [0.05, 0.1) is 6.04 Å². The molecule has 2 rings (SSSR count). The van der Waals surface area contributed by atoms with Crippen LogP contribution in [0.1, 0.15) is 42.9 Å². The highest BCUT2D eigenvalue weighted by molar-refractivity contribution is 5.76. The van der Waals surface area contributed by atoms with Crippen LogP contribution in [-0.2, 0) is 11.2 Å². The van der Waals surface area contributed by atoms with E-state index >= 15 is 0 Å². The van der Waals surface area contributed by atoms with Gasteiger partial charge in [0.1, 0.15) is 0 Å². The van der Waals surface area contributed by atoms with Crippen molar-refractivity contribution in [2.24, 2.45) is 5.73 Å². The van der Waals surface area contributed by atoms with Crippen LogP contribution in [-0.4, -0.2) is 18.5 Å². The molecule has 0 aliphatic rings. The van der Waals surface area contributed by atoms with Crippen molar-refractivity contribution in [3.8, 4) is 0 Å². The molecule has 5 heteroatoms. The minimum absolute atomic E-state index is 0.0392. The molecular formula is C21H27N3O2. The van der Waals surface area contributed by atoms with Gasteiger partial charge < -0.3 is 16.4 Å². The van der Waals surface area contributed by atoms with Crippen molar-refractivity contribution in [3.63, 3.8) is 0 Å². The van der Waals surface area contributed by atoms with Crippen LogP contribution < -0.4 is 16.4 Å². The van der Waals surface area contributed by atoms with Gasteiger partial charge in [0.2, 0.25) is 5.91 Å². The van der Waals surface area contributed by atoms with E-state index in [4.69, 9.17) is 5.73 Å². The van der Waals surface area contributed by atoms with Gasteiger partial charge in [-0.1, -0.05) is 67.1 Å². The number of amides is 3. The molecule has 0 aliphatic heterocycles. The van der Waals surface area contributed by atoms with Crippen LogP contribution in [0.3, 0.4) is 0 Å². The van der Waals surface area contributed by atoms with Crippen LogP contribution in [0.2, 0.25) is 0 Å². The van der Waals surface area contributed by atoms with Crippen molar-refractivity contribution in [1.82, 2.24) is 10.6 Å². The highest BCUT2D eigenvalue weighted by atomic mass is 16.2. The lowest BCUT2D eigenvalue weighted by Gasteiger charge is -2.19. The summed E-state index contributed by atoms with van der Waals surface area (Å²) < 4.78 is 0. The molecule has 0 fully saturated rings. The summed E-state index contributed by atoms with van der Waals surface area (Å²) >= 11 is 0. The fraction of sp³-hybridized carbons (Fsp3) is 0.333. The van der Waals surface area contributed by atoms with E-state index < -0.39 is 6.03 Å². The van der Waals surface area contributed by atoms with E-state index in [0.29, 0.717) is 13.0 Å². The van der Waals surface area contributed by atoms with Gasteiger partial charge in [-0.25, -0.2) is 4.79 Å². The number of carbonyl (C=O) groups excluding carboxylic acids is 2. The fourth-order valence-corrected chi connectivity index (χ4v) is 2.85.